The van der Waals surface area contributed by atoms with Crippen LogP contribution in [0.1, 0.15) is 22.3 Å². The summed E-state index contributed by atoms with van der Waals surface area (Å²) >= 11 is 6.13. The van der Waals surface area contributed by atoms with Gasteiger partial charge < -0.3 is 19.7 Å². The Hall–Kier alpha value is -4.22. The second-order valence-electron chi connectivity index (χ2n) is 11.3. The minimum atomic E-state index is -3.67. The number of nitrogens with one attached hydrogen (secondary N) is 1. The molecule has 0 bridgehead atoms. The Morgan fingerprint density at radius 1 is 0.872 bits per heavy atom. The van der Waals surface area contributed by atoms with Crippen molar-refractivity contribution < 1.29 is 27.5 Å². The van der Waals surface area contributed by atoms with Gasteiger partial charge in [-0.05, 0) is 60.0 Å². The van der Waals surface area contributed by atoms with E-state index < -0.39 is 22.0 Å². The predicted octanol–water partition coefficient (Wildman–Crippen LogP) is 5.00. The van der Waals surface area contributed by atoms with Crippen LogP contribution in [0.2, 0.25) is 5.02 Å². The van der Waals surface area contributed by atoms with Crippen molar-refractivity contribution in [1.29, 1.82) is 0 Å². The minimum Gasteiger partial charge on any atom is -0.484 e. The minimum absolute atomic E-state index is 0.135. The molecule has 4 aromatic carbocycles. The molecule has 0 saturated carbocycles. The first kappa shape index (κ1) is 34.1. The van der Waals surface area contributed by atoms with Gasteiger partial charge in [0.1, 0.15) is 11.8 Å². The van der Waals surface area contributed by atoms with Gasteiger partial charge in [0.15, 0.2) is 6.61 Å². The summed E-state index contributed by atoms with van der Waals surface area (Å²) in [5.41, 5.74) is 3.76. The first-order chi connectivity index (χ1) is 22.7. The summed E-state index contributed by atoms with van der Waals surface area (Å²) in [6.07, 6.45) is 0.286. The number of nitrogens with zero attached hydrogens (tertiary/aromatic N) is 2. The quantitative estimate of drug-likeness (QED) is 0.214. The molecule has 2 amide bonds. The van der Waals surface area contributed by atoms with Gasteiger partial charge in [0.05, 0.1) is 18.1 Å². The van der Waals surface area contributed by atoms with Crippen LogP contribution in [0.3, 0.4) is 0 Å². The van der Waals surface area contributed by atoms with Crippen LogP contribution in [0.25, 0.3) is 0 Å². The van der Waals surface area contributed by atoms with Crippen LogP contribution in [-0.2, 0) is 43.9 Å². The summed E-state index contributed by atoms with van der Waals surface area (Å²) in [4.78, 5) is 29.5. The van der Waals surface area contributed by atoms with Gasteiger partial charge in [-0.25, -0.2) is 8.42 Å². The summed E-state index contributed by atoms with van der Waals surface area (Å²) < 4.78 is 38.6. The smallest absolute Gasteiger partial charge is 0.261 e. The van der Waals surface area contributed by atoms with E-state index >= 15 is 0 Å². The number of sulfonamides is 1. The Balaban J connectivity index is 1.35. The second-order valence-corrected chi connectivity index (χ2v) is 13.7. The molecule has 1 atom stereocenters. The van der Waals surface area contributed by atoms with Crippen molar-refractivity contribution in [2.45, 2.75) is 37.4 Å². The molecule has 0 unspecified atom stereocenters. The summed E-state index contributed by atoms with van der Waals surface area (Å²) in [7, 11) is -3.67. The SMILES string of the molecule is Cc1ccc(CNC(=O)[C@@H](Cc2ccccc2)N(Cc2ccc(Cl)cc2)C(=O)COc2ccc(S(=O)(=O)N3CCOCC3)cc2)cc1. The Bertz CT molecular complexity index is 1730. The Morgan fingerprint density at radius 3 is 2.17 bits per heavy atom. The molecule has 0 aliphatic carbocycles. The monoisotopic (exact) mass is 675 g/mol. The molecule has 0 aromatic heterocycles. The Labute approximate surface area is 281 Å². The highest BCUT2D eigenvalue weighted by Gasteiger charge is 2.31. The number of amides is 2. The van der Waals surface area contributed by atoms with Crippen molar-refractivity contribution in [2.24, 2.45) is 0 Å². The molecule has 11 heteroatoms. The van der Waals surface area contributed by atoms with Crippen molar-refractivity contribution in [3.8, 4) is 5.75 Å². The van der Waals surface area contributed by atoms with Crippen LogP contribution in [0.15, 0.2) is 108 Å². The highest BCUT2D eigenvalue weighted by Crippen LogP contribution is 2.22. The molecule has 1 aliphatic rings. The number of benzene rings is 4. The van der Waals surface area contributed by atoms with Gasteiger partial charge in [-0.15, -0.1) is 0 Å². The average Bonchev–Trinajstić information content (AvgIpc) is 3.10. The van der Waals surface area contributed by atoms with Crippen LogP contribution >= 0.6 is 11.6 Å². The summed E-state index contributed by atoms with van der Waals surface area (Å²) in [6.45, 7) is 3.38. The van der Waals surface area contributed by atoms with Gasteiger partial charge in [0.25, 0.3) is 5.91 Å². The van der Waals surface area contributed by atoms with E-state index in [0.717, 1.165) is 22.3 Å². The third-order valence-corrected chi connectivity index (χ3v) is 10.1. The number of hydrogen-bond donors (Lipinski definition) is 1. The normalized spacial score (nSPS) is 14.3. The number of ether oxygens (including phenoxy) is 2. The fraction of sp³-hybridized carbons (Fsp3) is 0.278. The van der Waals surface area contributed by atoms with Crippen molar-refractivity contribution >= 4 is 33.4 Å². The molecule has 246 valence electrons. The molecule has 9 nitrogen and oxygen atoms in total. The Kier molecular flexibility index (Phi) is 11.7. The molecular formula is C36H38ClN3O6S. The summed E-state index contributed by atoms with van der Waals surface area (Å²) in [5.74, 6) is -0.375. The molecule has 1 aliphatic heterocycles. The number of rotatable bonds is 13. The average molecular weight is 676 g/mol. The molecule has 0 radical (unpaired) electrons. The van der Waals surface area contributed by atoms with Gasteiger partial charge in [-0.3, -0.25) is 9.59 Å². The summed E-state index contributed by atoms with van der Waals surface area (Å²) in [5, 5.41) is 3.59. The first-order valence-electron chi connectivity index (χ1n) is 15.4. The lowest BCUT2D eigenvalue weighted by molar-refractivity contribution is -0.142. The number of carbonyl (C=O) groups excluding carboxylic acids is 2. The maximum Gasteiger partial charge on any atom is 0.261 e. The van der Waals surface area contributed by atoms with Gasteiger partial charge in [-0.1, -0.05) is 83.9 Å². The highest BCUT2D eigenvalue weighted by atomic mass is 35.5. The number of halogens is 1. The van der Waals surface area contributed by atoms with Gasteiger partial charge in [0.2, 0.25) is 15.9 Å². The van der Waals surface area contributed by atoms with Crippen LogP contribution in [0.4, 0.5) is 0 Å². The number of hydrogen-bond acceptors (Lipinski definition) is 6. The lowest BCUT2D eigenvalue weighted by Crippen LogP contribution is -2.51. The van der Waals surface area contributed by atoms with E-state index in [2.05, 4.69) is 5.32 Å². The standard InChI is InChI=1S/C36H38ClN3O6S/c1-27-7-9-29(10-8-27)24-38-36(42)34(23-28-5-3-2-4-6-28)40(25-30-11-13-31(37)14-12-30)35(41)26-46-32-15-17-33(18-16-32)47(43,44)39-19-21-45-22-20-39/h2-18,34H,19-26H2,1H3,(H,38,42)/t34-/m1/s1. The highest BCUT2D eigenvalue weighted by molar-refractivity contribution is 7.89. The van der Waals surface area contributed by atoms with E-state index in [4.69, 9.17) is 21.1 Å². The van der Waals surface area contributed by atoms with Crippen molar-refractivity contribution in [3.63, 3.8) is 0 Å². The number of morpholine rings is 1. The molecule has 5 rings (SSSR count). The van der Waals surface area contributed by atoms with Crippen LogP contribution < -0.4 is 10.1 Å². The summed E-state index contributed by atoms with van der Waals surface area (Å²) in [6, 6.07) is 29.7. The zero-order chi connectivity index (χ0) is 33.2. The van der Waals surface area contributed by atoms with Crippen LogP contribution in [0, 0.1) is 6.92 Å². The number of aryl methyl sites for hydroxylation is 1. The molecule has 4 aromatic rings. The van der Waals surface area contributed by atoms with E-state index in [1.54, 1.807) is 12.1 Å². The van der Waals surface area contributed by atoms with E-state index in [1.807, 2.05) is 73.7 Å². The molecule has 1 saturated heterocycles. The second kappa shape index (κ2) is 16.1. The lowest BCUT2D eigenvalue weighted by Gasteiger charge is -2.31. The zero-order valence-electron chi connectivity index (χ0n) is 26.2. The third-order valence-electron chi connectivity index (χ3n) is 7.92. The predicted molar refractivity (Wildman–Crippen MR) is 180 cm³/mol. The topological polar surface area (TPSA) is 105 Å². The molecule has 47 heavy (non-hydrogen) atoms. The fourth-order valence-corrected chi connectivity index (χ4v) is 6.76. The maximum atomic E-state index is 13.9. The van der Waals surface area contributed by atoms with E-state index in [1.165, 1.54) is 33.5 Å². The maximum absolute atomic E-state index is 13.9. The largest absolute Gasteiger partial charge is 0.484 e. The first-order valence-corrected chi connectivity index (χ1v) is 17.2. The third kappa shape index (κ3) is 9.42. The number of carbonyl (C=O) groups is 2. The fourth-order valence-electron chi connectivity index (χ4n) is 5.23. The lowest BCUT2D eigenvalue weighted by atomic mass is 10.0. The van der Waals surface area contributed by atoms with E-state index in [0.29, 0.717) is 43.6 Å². The Morgan fingerprint density at radius 2 is 1.51 bits per heavy atom. The van der Waals surface area contributed by atoms with Crippen molar-refractivity contribution in [3.05, 3.63) is 130 Å². The van der Waals surface area contributed by atoms with E-state index in [9.17, 15) is 18.0 Å². The zero-order valence-corrected chi connectivity index (χ0v) is 27.8. The van der Waals surface area contributed by atoms with Gasteiger partial charge in [-0.2, -0.15) is 4.31 Å². The van der Waals surface area contributed by atoms with Gasteiger partial charge in [0, 0.05) is 37.6 Å². The molecule has 1 N–H and O–H groups in total. The molecule has 0 spiro atoms. The molecule has 1 heterocycles. The molecule has 1 fully saturated rings. The van der Waals surface area contributed by atoms with E-state index in [-0.39, 0.29) is 30.4 Å². The van der Waals surface area contributed by atoms with Crippen LogP contribution in [-0.4, -0.2) is 68.4 Å². The van der Waals surface area contributed by atoms with Crippen LogP contribution in [0.5, 0.6) is 5.75 Å². The van der Waals surface area contributed by atoms with Crippen molar-refractivity contribution in [2.75, 3.05) is 32.9 Å². The molecular weight excluding hydrogens is 638 g/mol. The van der Waals surface area contributed by atoms with Crippen molar-refractivity contribution in [1.82, 2.24) is 14.5 Å². The van der Waals surface area contributed by atoms with Gasteiger partial charge >= 0.3 is 0 Å².